The van der Waals surface area contributed by atoms with Gasteiger partial charge >= 0.3 is 13.7 Å². The summed E-state index contributed by atoms with van der Waals surface area (Å²) in [5.41, 5.74) is 6.00. The number of anilines is 1. The Morgan fingerprint density at radius 1 is 1.17 bits per heavy atom. The minimum Gasteiger partial charge on any atom is -0.465 e. The molecule has 1 saturated carbocycles. The molecule has 4 heterocycles. The van der Waals surface area contributed by atoms with E-state index in [-0.39, 0.29) is 19.0 Å². The van der Waals surface area contributed by atoms with Gasteiger partial charge in [0.2, 0.25) is 0 Å². The van der Waals surface area contributed by atoms with Crippen LogP contribution in [-0.4, -0.2) is 68.3 Å². The van der Waals surface area contributed by atoms with Crippen molar-refractivity contribution in [3.63, 3.8) is 0 Å². The molecule has 2 saturated heterocycles. The molecule has 2 aromatic carbocycles. The molecule has 3 fully saturated rings. The van der Waals surface area contributed by atoms with E-state index in [1.54, 1.807) is 30.0 Å². The van der Waals surface area contributed by atoms with Crippen molar-refractivity contribution in [1.82, 2.24) is 24.6 Å². The lowest BCUT2D eigenvalue weighted by Gasteiger charge is -2.31. The summed E-state index contributed by atoms with van der Waals surface area (Å²) in [5.74, 6) is -0.800. The number of aromatic nitrogens is 4. The van der Waals surface area contributed by atoms with Crippen LogP contribution in [0.4, 0.5) is 5.82 Å². The number of nitrogens with zero attached hydrogens (tertiary/aromatic N) is 4. The SMILES string of the molecule is CCOC(=O)[C@H](C)NP(=O)(OC[C@H]1O[C@@H](n2cnc3c(N)ncnc32)C2(C)OC3(CCCC3)OC12)Oc1cccc2ccccc12. The Balaban J connectivity index is 1.20. The Labute approximate surface area is 265 Å². The van der Waals surface area contributed by atoms with Gasteiger partial charge < -0.3 is 29.2 Å². The standard InChI is InChI=1S/C31H37N6O8P/c1-4-40-28(38)19(2)36-46(39,44-22-13-9-11-20-10-5-6-12-21(20)22)41-16-23-25-30(3,45-31(43-25)14-7-8-15-31)29(42-23)37-18-35-24-26(32)33-17-34-27(24)37/h5-6,9-13,17-19,23,25,29H,4,7-8,14-16H2,1-3H3,(H,36,39)(H2,32,33,34)/t19-,23+,25?,29+,30?,46?/m0/s1. The lowest BCUT2D eigenvalue weighted by molar-refractivity contribution is -0.231. The molecular formula is C31H37N6O8P. The summed E-state index contributed by atoms with van der Waals surface area (Å²) in [6.07, 6.45) is 4.26. The molecule has 14 nitrogen and oxygen atoms in total. The molecule has 0 bridgehead atoms. The summed E-state index contributed by atoms with van der Waals surface area (Å²) >= 11 is 0. The quantitative estimate of drug-likeness (QED) is 0.179. The number of nitrogen functional groups attached to an aromatic ring is 1. The monoisotopic (exact) mass is 652 g/mol. The molecule has 4 aromatic rings. The van der Waals surface area contributed by atoms with Crippen LogP contribution in [0.3, 0.4) is 0 Å². The Morgan fingerprint density at radius 3 is 2.76 bits per heavy atom. The van der Waals surface area contributed by atoms with Crippen molar-refractivity contribution in [2.75, 3.05) is 18.9 Å². The lowest BCUT2D eigenvalue weighted by atomic mass is 9.96. The van der Waals surface area contributed by atoms with Crippen LogP contribution in [0.5, 0.6) is 5.75 Å². The van der Waals surface area contributed by atoms with Crippen molar-refractivity contribution in [3.8, 4) is 5.75 Å². The van der Waals surface area contributed by atoms with Crippen molar-refractivity contribution >= 4 is 41.5 Å². The van der Waals surface area contributed by atoms with E-state index < -0.39 is 49.6 Å². The van der Waals surface area contributed by atoms with E-state index in [1.165, 1.54) is 13.3 Å². The molecule has 0 radical (unpaired) electrons. The Hall–Kier alpha value is -3.65. The van der Waals surface area contributed by atoms with Crippen molar-refractivity contribution in [1.29, 1.82) is 0 Å². The number of hydrogen-bond acceptors (Lipinski definition) is 12. The molecule has 0 amide bonds. The molecular weight excluding hydrogens is 615 g/mol. The van der Waals surface area contributed by atoms with E-state index in [0.29, 0.717) is 16.9 Å². The van der Waals surface area contributed by atoms with E-state index in [2.05, 4.69) is 20.0 Å². The number of benzene rings is 2. The fourth-order valence-corrected chi connectivity index (χ4v) is 8.23. The van der Waals surface area contributed by atoms with Crippen LogP contribution in [0.15, 0.2) is 55.1 Å². The summed E-state index contributed by atoms with van der Waals surface area (Å²) in [6, 6.07) is 12.0. The maximum atomic E-state index is 14.5. The number of nitrogens with two attached hydrogens (primary N) is 1. The third-order valence-electron chi connectivity index (χ3n) is 8.82. The first-order valence-electron chi connectivity index (χ1n) is 15.5. The van der Waals surface area contributed by atoms with Gasteiger partial charge in [0.15, 0.2) is 23.5 Å². The van der Waals surface area contributed by atoms with Crippen LogP contribution in [0.25, 0.3) is 21.9 Å². The average molecular weight is 653 g/mol. The molecule has 2 aliphatic heterocycles. The first-order valence-corrected chi connectivity index (χ1v) is 17.0. The summed E-state index contributed by atoms with van der Waals surface area (Å²) in [6.45, 7) is 5.11. The Morgan fingerprint density at radius 2 is 1.96 bits per heavy atom. The maximum absolute atomic E-state index is 14.5. The predicted molar refractivity (Wildman–Crippen MR) is 167 cm³/mol. The Bertz CT molecular complexity index is 1810. The van der Waals surface area contributed by atoms with Gasteiger partial charge in [-0.3, -0.25) is 13.9 Å². The number of ether oxygens (including phenoxy) is 4. The number of esters is 1. The molecule has 15 heteroatoms. The number of fused-ring (bicyclic) bond motifs is 3. The number of carbonyl (C=O) groups excluding carboxylic acids is 1. The lowest BCUT2D eigenvalue weighted by Crippen LogP contribution is -2.42. The summed E-state index contributed by atoms with van der Waals surface area (Å²) in [4.78, 5) is 25.5. The van der Waals surface area contributed by atoms with Crippen LogP contribution in [0, 0.1) is 0 Å². The third-order valence-corrected chi connectivity index (χ3v) is 10.4. The number of hydrogen-bond donors (Lipinski definition) is 2. The average Bonchev–Trinajstić information content (AvgIpc) is 3.80. The van der Waals surface area contributed by atoms with Gasteiger partial charge in [0.25, 0.3) is 0 Å². The zero-order valence-corrected chi connectivity index (χ0v) is 26.7. The highest BCUT2D eigenvalue weighted by molar-refractivity contribution is 7.52. The zero-order valence-electron chi connectivity index (χ0n) is 25.8. The van der Waals surface area contributed by atoms with E-state index in [4.69, 9.17) is 33.7 Å². The normalized spacial score (nSPS) is 27.2. The van der Waals surface area contributed by atoms with Gasteiger partial charge in [-0.15, -0.1) is 0 Å². The van der Waals surface area contributed by atoms with Crippen LogP contribution in [0.2, 0.25) is 0 Å². The number of imidazole rings is 1. The second kappa shape index (κ2) is 11.9. The van der Waals surface area contributed by atoms with Crippen molar-refractivity contribution < 1.29 is 37.4 Å². The van der Waals surface area contributed by atoms with E-state index in [0.717, 1.165) is 36.5 Å². The highest BCUT2D eigenvalue weighted by Gasteiger charge is 2.67. The minimum atomic E-state index is -4.23. The zero-order chi connectivity index (χ0) is 32.1. The van der Waals surface area contributed by atoms with Crippen molar-refractivity contribution in [2.45, 2.75) is 82.3 Å². The topological polar surface area (TPSA) is 171 Å². The van der Waals surface area contributed by atoms with Crippen molar-refractivity contribution in [3.05, 3.63) is 55.1 Å². The molecule has 3 unspecified atom stereocenters. The predicted octanol–water partition coefficient (Wildman–Crippen LogP) is 4.65. The van der Waals surface area contributed by atoms with Gasteiger partial charge in [-0.1, -0.05) is 36.4 Å². The number of rotatable bonds is 10. The van der Waals surface area contributed by atoms with Crippen LogP contribution in [-0.2, 0) is 32.8 Å². The minimum absolute atomic E-state index is 0.163. The molecule has 244 valence electrons. The largest absolute Gasteiger partial charge is 0.465 e. The third kappa shape index (κ3) is 5.42. The molecule has 3 aliphatic rings. The molecule has 7 rings (SSSR count). The van der Waals surface area contributed by atoms with E-state index in [9.17, 15) is 9.36 Å². The van der Waals surface area contributed by atoms with Crippen LogP contribution in [0.1, 0.15) is 52.7 Å². The molecule has 46 heavy (non-hydrogen) atoms. The summed E-state index contributed by atoms with van der Waals surface area (Å²) in [5, 5.41) is 4.38. The molecule has 6 atom stereocenters. The fraction of sp³-hybridized carbons (Fsp3) is 0.484. The van der Waals surface area contributed by atoms with Gasteiger partial charge in [-0.2, -0.15) is 5.09 Å². The fourth-order valence-electron chi connectivity index (χ4n) is 6.71. The van der Waals surface area contributed by atoms with Gasteiger partial charge in [-0.05, 0) is 45.1 Å². The van der Waals surface area contributed by atoms with Crippen LogP contribution >= 0.6 is 7.75 Å². The second-order valence-corrected chi connectivity index (χ2v) is 13.7. The highest BCUT2D eigenvalue weighted by Crippen LogP contribution is 2.56. The van der Waals surface area contributed by atoms with Crippen LogP contribution < -0.4 is 15.3 Å². The molecule has 1 spiro atoms. The first kappa shape index (κ1) is 31.0. The first-order chi connectivity index (χ1) is 22.1. The molecule has 2 aromatic heterocycles. The van der Waals surface area contributed by atoms with Gasteiger partial charge in [0, 0.05) is 18.2 Å². The van der Waals surface area contributed by atoms with E-state index in [1.807, 2.05) is 37.3 Å². The number of carbonyl (C=O) groups is 1. The van der Waals surface area contributed by atoms with E-state index >= 15 is 0 Å². The smallest absolute Gasteiger partial charge is 0.459 e. The number of nitrogens with one attached hydrogen (secondary N) is 1. The van der Waals surface area contributed by atoms with Gasteiger partial charge in [0.1, 0.15) is 41.4 Å². The highest BCUT2D eigenvalue weighted by atomic mass is 31.2. The van der Waals surface area contributed by atoms with Crippen molar-refractivity contribution in [2.24, 2.45) is 0 Å². The van der Waals surface area contributed by atoms with Gasteiger partial charge in [-0.25, -0.2) is 19.5 Å². The summed E-state index contributed by atoms with van der Waals surface area (Å²) < 4.78 is 53.7. The molecule has 1 aliphatic carbocycles. The Kier molecular flexibility index (Phi) is 7.98. The molecule has 3 N–H and O–H groups in total. The maximum Gasteiger partial charge on any atom is 0.459 e. The summed E-state index contributed by atoms with van der Waals surface area (Å²) in [7, 11) is -4.23. The van der Waals surface area contributed by atoms with Gasteiger partial charge in [0.05, 0.1) is 19.5 Å². The second-order valence-electron chi connectivity index (χ2n) is 12.0.